The van der Waals surface area contributed by atoms with Gasteiger partial charge in [0, 0.05) is 25.0 Å². The average Bonchev–Trinajstić information content (AvgIpc) is 2.67. The Bertz CT molecular complexity index is 481. The summed E-state index contributed by atoms with van der Waals surface area (Å²) < 4.78 is 1.70. The molecule has 4 nitrogen and oxygen atoms in total. The molecule has 1 aliphatic rings. The van der Waals surface area contributed by atoms with Crippen LogP contribution in [0.3, 0.4) is 0 Å². The zero-order valence-corrected chi connectivity index (χ0v) is 12.9. The summed E-state index contributed by atoms with van der Waals surface area (Å²) in [5.74, 6) is 2.11. The molecular weight excluding hydrogens is 250 g/mol. The number of nitrogens with one attached hydrogen (secondary N) is 1. The highest BCUT2D eigenvalue weighted by Crippen LogP contribution is 2.29. The van der Waals surface area contributed by atoms with Crippen LogP contribution in [0.15, 0.2) is 17.2 Å². The maximum atomic E-state index is 12.2. The lowest BCUT2D eigenvalue weighted by Crippen LogP contribution is -2.28. The van der Waals surface area contributed by atoms with E-state index in [0.717, 1.165) is 24.7 Å². The molecule has 20 heavy (non-hydrogen) atoms. The highest BCUT2D eigenvalue weighted by atomic mass is 16.1. The van der Waals surface area contributed by atoms with Crippen molar-refractivity contribution in [1.29, 1.82) is 0 Å². The van der Waals surface area contributed by atoms with E-state index in [1.807, 2.05) is 6.92 Å². The third kappa shape index (κ3) is 3.62. The van der Waals surface area contributed by atoms with Crippen LogP contribution in [-0.4, -0.2) is 15.6 Å². The molecule has 0 aliphatic heterocycles. The van der Waals surface area contributed by atoms with Crippen LogP contribution in [0.4, 0.5) is 5.82 Å². The Morgan fingerprint density at radius 1 is 1.35 bits per heavy atom. The van der Waals surface area contributed by atoms with Crippen molar-refractivity contribution in [3.8, 4) is 0 Å². The zero-order chi connectivity index (χ0) is 14.5. The second-order valence-corrected chi connectivity index (χ2v) is 6.22. The SMILES string of the molecule is CCn1ccnc(NC2CCCC(C(C)C)CC2)c1=O. The molecular formula is C16H27N3O. The van der Waals surface area contributed by atoms with Crippen molar-refractivity contribution < 1.29 is 0 Å². The second-order valence-electron chi connectivity index (χ2n) is 6.22. The number of aromatic nitrogens is 2. The maximum Gasteiger partial charge on any atom is 0.293 e. The Morgan fingerprint density at radius 2 is 2.15 bits per heavy atom. The number of anilines is 1. The summed E-state index contributed by atoms with van der Waals surface area (Å²) in [5.41, 5.74) is -0.000318. The van der Waals surface area contributed by atoms with Gasteiger partial charge in [0.05, 0.1) is 0 Å². The molecule has 1 aromatic heterocycles. The molecule has 0 aromatic carbocycles. The predicted molar refractivity (Wildman–Crippen MR) is 83.0 cm³/mol. The van der Waals surface area contributed by atoms with Crippen molar-refractivity contribution in [2.45, 2.75) is 65.5 Å². The fourth-order valence-corrected chi connectivity index (χ4v) is 3.13. The van der Waals surface area contributed by atoms with Crippen LogP contribution < -0.4 is 10.9 Å². The molecule has 0 amide bonds. The fourth-order valence-electron chi connectivity index (χ4n) is 3.13. The molecule has 4 heteroatoms. The van der Waals surface area contributed by atoms with Gasteiger partial charge in [0.1, 0.15) is 0 Å². The highest BCUT2D eigenvalue weighted by molar-refractivity contribution is 5.32. The van der Waals surface area contributed by atoms with E-state index >= 15 is 0 Å². The van der Waals surface area contributed by atoms with Crippen molar-refractivity contribution in [3.05, 3.63) is 22.7 Å². The Balaban J connectivity index is 2.02. The number of nitrogens with zero attached hydrogens (tertiary/aromatic N) is 2. The van der Waals surface area contributed by atoms with Gasteiger partial charge in [0.15, 0.2) is 5.82 Å². The lowest BCUT2D eigenvalue weighted by Gasteiger charge is -2.19. The second kappa shape index (κ2) is 6.91. The molecule has 1 saturated carbocycles. The Morgan fingerprint density at radius 3 is 2.85 bits per heavy atom. The van der Waals surface area contributed by atoms with Crippen LogP contribution in [0, 0.1) is 11.8 Å². The summed E-state index contributed by atoms with van der Waals surface area (Å²) in [6.07, 6.45) is 9.56. The molecule has 1 N–H and O–H groups in total. The van der Waals surface area contributed by atoms with Crippen LogP contribution in [0.25, 0.3) is 0 Å². The summed E-state index contributed by atoms with van der Waals surface area (Å²) in [5, 5.41) is 3.38. The van der Waals surface area contributed by atoms with Gasteiger partial charge in [-0.25, -0.2) is 4.98 Å². The van der Waals surface area contributed by atoms with E-state index in [1.54, 1.807) is 17.0 Å². The largest absolute Gasteiger partial charge is 0.363 e. The molecule has 0 saturated heterocycles. The van der Waals surface area contributed by atoms with Gasteiger partial charge in [0.2, 0.25) is 0 Å². The summed E-state index contributed by atoms with van der Waals surface area (Å²) in [6, 6.07) is 0.395. The van der Waals surface area contributed by atoms with E-state index in [-0.39, 0.29) is 5.56 Å². The fraction of sp³-hybridized carbons (Fsp3) is 0.750. The summed E-state index contributed by atoms with van der Waals surface area (Å²) >= 11 is 0. The molecule has 1 aliphatic carbocycles. The maximum absolute atomic E-state index is 12.2. The van der Waals surface area contributed by atoms with Gasteiger partial charge < -0.3 is 9.88 Å². The third-order valence-electron chi connectivity index (χ3n) is 4.55. The molecule has 1 heterocycles. The van der Waals surface area contributed by atoms with Crippen LogP contribution in [0.2, 0.25) is 0 Å². The summed E-state index contributed by atoms with van der Waals surface area (Å²) in [7, 11) is 0. The minimum absolute atomic E-state index is 0.000318. The van der Waals surface area contributed by atoms with Crippen LogP contribution in [0.1, 0.15) is 52.9 Å². The van der Waals surface area contributed by atoms with E-state index < -0.39 is 0 Å². The number of hydrogen-bond donors (Lipinski definition) is 1. The number of rotatable bonds is 4. The smallest absolute Gasteiger partial charge is 0.293 e. The number of hydrogen-bond acceptors (Lipinski definition) is 3. The molecule has 1 fully saturated rings. The first-order valence-corrected chi connectivity index (χ1v) is 7.93. The van der Waals surface area contributed by atoms with Crippen LogP contribution in [-0.2, 0) is 6.54 Å². The molecule has 2 rings (SSSR count). The quantitative estimate of drug-likeness (QED) is 0.859. The Kier molecular flexibility index (Phi) is 5.21. The molecule has 0 bridgehead atoms. The summed E-state index contributed by atoms with van der Waals surface area (Å²) in [4.78, 5) is 16.4. The Labute approximate surface area is 121 Å². The predicted octanol–water partition coefficient (Wildman–Crippen LogP) is 3.28. The van der Waals surface area contributed by atoms with Crippen molar-refractivity contribution in [1.82, 2.24) is 9.55 Å². The minimum atomic E-state index is -0.000318. The van der Waals surface area contributed by atoms with Crippen molar-refractivity contribution >= 4 is 5.82 Å². The Hall–Kier alpha value is -1.32. The van der Waals surface area contributed by atoms with Crippen molar-refractivity contribution in [2.75, 3.05) is 5.32 Å². The van der Waals surface area contributed by atoms with Gasteiger partial charge in [-0.2, -0.15) is 0 Å². The lowest BCUT2D eigenvalue weighted by atomic mass is 9.89. The third-order valence-corrected chi connectivity index (χ3v) is 4.55. The standard InChI is InChI=1S/C16H27N3O/c1-4-19-11-10-17-15(16(19)20)18-14-7-5-6-13(8-9-14)12(2)3/h10-14H,4-9H2,1-3H3,(H,17,18). The van der Waals surface area contributed by atoms with E-state index in [4.69, 9.17) is 0 Å². The monoisotopic (exact) mass is 277 g/mol. The lowest BCUT2D eigenvalue weighted by molar-refractivity contribution is 0.341. The first kappa shape index (κ1) is 15.1. The van der Waals surface area contributed by atoms with Crippen LogP contribution in [0.5, 0.6) is 0 Å². The van der Waals surface area contributed by atoms with Gasteiger partial charge in [-0.05, 0) is 38.0 Å². The molecule has 112 valence electrons. The first-order valence-electron chi connectivity index (χ1n) is 7.93. The van der Waals surface area contributed by atoms with Gasteiger partial charge >= 0.3 is 0 Å². The minimum Gasteiger partial charge on any atom is -0.363 e. The molecule has 1 aromatic rings. The highest BCUT2D eigenvalue weighted by Gasteiger charge is 2.21. The molecule has 0 radical (unpaired) electrons. The molecule has 2 unspecified atom stereocenters. The van der Waals surface area contributed by atoms with Gasteiger partial charge in [-0.3, -0.25) is 4.79 Å². The average molecular weight is 277 g/mol. The topological polar surface area (TPSA) is 46.9 Å². The molecule has 0 spiro atoms. The van der Waals surface area contributed by atoms with Gasteiger partial charge in [-0.15, -0.1) is 0 Å². The number of aryl methyl sites for hydroxylation is 1. The van der Waals surface area contributed by atoms with E-state index in [9.17, 15) is 4.79 Å². The van der Waals surface area contributed by atoms with Crippen LogP contribution >= 0.6 is 0 Å². The van der Waals surface area contributed by atoms with E-state index in [1.165, 1.54) is 19.3 Å². The van der Waals surface area contributed by atoms with Crippen molar-refractivity contribution in [3.63, 3.8) is 0 Å². The van der Waals surface area contributed by atoms with E-state index in [2.05, 4.69) is 24.1 Å². The van der Waals surface area contributed by atoms with Gasteiger partial charge in [-0.1, -0.05) is 26.7 Å². The van der Waals surface area contributed by atoms with Crippen molar-refractivity contribution in [2.24, 2.45) is 11.8 Å². The normalized spacial score (nSPS) is 23.6. The van der Waals surface area contributed by atoms with E-state index in [0.29, 0.717) is 18.4 Å². The summed E-state index contributed by atoms with van der Waals surface area (Å²) in [6.45, 7) is 7.30. The van der Waals surface area contributed by atoms with Gasteiger partial charge in [0.25, 0.3) is 5.56 Å². The zero-order valence-electron chi connectivity index (χ0n) is 12.9. The first-order chi connectivity index (χ1) is 9.61. The molecule has 2 atom stereocenters.